The second-order valence-electron chi connectivity index (χ2n) is 10.1. The maximum Gasteiger partial charge on any atom is 0.317 e. The fraction of sp³-hybridized carbons (Fsp3) is 0.323. The normalized spacial score (nSPS) is 19.7. The monoisotopic (exact) mass is 476 g/mol. The molecule has 2 aromatic heterocycles. The van der Waals surface area contributed by atoms with Crippen LogP contribution in [0.5, 0.6) is 6.01 Å². The van der Waals surface area contributed by atoms with E-state index in [0.29, 0.717) is 24.5 Å². The molecule has 5 nitrogen and oxygen atoms in total. The van der Waals surface area contributed by atoms with E-state index in [1.807, 2.05) is 42.5 Å². The second-order valence-corrected chi connectivity index (χ2v) is 10.1. The Balaban J connectivity index is 1.09. The van der Waals surface area contributed by atoms with Crippen molar-refractivity contribution in [2.45, 2.75) is 38.1 Å². The minimum Gasteiger partial charge on any atom is -0.463 e. The topological polar surface area (TPSA) is 51.1 Å². The molecule has 2 aliphatic rings. The smallest absolute Gasteiger partial charge is 0.317 e. The van der Waals surface area contributed by atoms with Gasteiger partial charge in [-0.2, -0.15) is 9.97 Å². The molecule has 0 unspecified atom stereocenters. The average Bonchev–Trinajstić information content (AvgIpc) is 3.43. The zero-order chi connectivity index (χ0) is 24.2. The van der Waals surface area contributed by atoms with Gasteiger partial charge in [-0.15, -0.1) is 0 Å². The average molecular weight is 477 g/mol. The maximum absolute atomic E-state index is 6.16. The molecule has 0 bridgehead atoms. The molecule has 1 aliphatic carbocycles. The van der Waals surface area contributed by atoms with Crippen LogP contribution in [-0.2, 0) is 6.54 Å². The van der Waals surface area contributed by atoms with Gasteiger partial charge >= 0.3 is 6.01 Å². The summed E-state index contributed by atoms with van der Waals surface area (Å²) in [7, 11) is 0. The number of aromatic nitrogens is 3. The summed E-state index contributed by atoms with van der Waals surface area (Å²) < 4.78 is 6.16. The highest BCUT2D eigenvalue weighted by molar-refractivity contribution is 5.66. The first kappa shape index (κ1) is 22.9. The van der Waals surface area contributed by atoms with E-state index in [0.717, 1.165) is 42.0 Å². The van der Waals surface area contributed by atoms with Crippen molar-refractivity contribution in [3.63, 3.8) is 0 Å². The molecule has 0 N–H and O–H groups in total. The van der Waals surface area contributed by atoms with Crippen LogP contribution >= 0.6 is 0 Å². The van der Waals surface area contributed by atoms with Gasteiger partial charge in [-0.1, -0.05) is 60.7 Å². The number of ether oxygens (including phenoxy) is 1. The van der Waals surface area contributed by atoms with Gasteiger partial charge in [-0.05, 0) is 79.9 Å². The van der Waals surface area contributed by atoms with Gasteiger partial charge in [0.15, 0.2) is 0 Å². The maximum atomic E-state index is 6.16. The standard InChI is InChI=1S/C31H32N4O/c1-2-8-26(9-3-1)29-20-30(28-10-4-5-15-32-28)34-31(33-29)36-22-24-18-27(19-24)25-13-11-23(12-14-25)21-35-16-6-7-17-35/h1-5,8-15,20,24,27H,6-7,16-19,21-22H2. The van der Waals surface area contributed by atoms with E-state index in [4.69, 9.17) is 9.72 Å². The number of pyridine rings is 1. The zero-order valence-corrected chi connectivity index (χ0v) is 20.6. The summed E-state index contributed by atoms with van der Waals surface area (Å²) in [6, 6.07) is 27.7. The largest absolute Gasteiger partial charge is 0.463 e. The number of nitrogens with zero attached hydrogens (tertiary/aromatic N) is 4. The van der Waals surface area contributed by atoms with E-state index in [9.17, 15) is 0 Å². The molecule has 182 valence electrons. The fourth-order valence-electron chi connectivity index (χ4n) is 5.32. The van der Waals surface area contributed by atoms with Crippen LogP contribution in [0.25, 0.3) is 22.6 Å². The highest BCUT2D eigenvalue weighted by Crippen LogP contribution is 2.42. The zero-order valence-electron chi connectivity index (χ0n) is 20.6. The quantitative estimate of drug-likeness (QED) is 0.296. The van der Waals surface area contributed by atoms with Crippen LogP contribution in [0.3, 0.4) is 0 Å². The third kappa shape index (κ3) is 5.31. The molecule has 3 heterocycles. The van der Waals surface area contributed by atoms with Crippen LogP contribution in [0.1, 0.15) is 42.7 Å². The van der Waals surface area contributed by atoms with Gasteiger partial charge in [-0.25, -0.2) is 0 Å². The molecule has 0 spiro atoms. The van der Waals surface area contributed by atoms with Crippen LogP contribution < -0.4 is 4.74 Å². The van der Waals surface area contributed by atoms with Crippen molar-refractivity contribution in [3.8, 4) is 28.7 Å². The Morgan fingerprint density at radius 1 is 0.778 bits per heavy atom. The third-order valence-corrected chi connectivity index (χ3v) is 7.44. The van der Waals surface area contributed by atoms with E-state index < -0.39 is 0 Å². The van der Waals surface area contributed by atoms with Crippen molar-refractivity contribution < 1.29 is 4.74 Å². The molecule has 5 heteroatoms. The van der Waals surface area contributed by atoms with E-state index in [-0.39, 0.29) is 0 Å². The lowest BCUT2D eigenvalue weighted by Crippen LogP contribution is -2.27. The Hall–Kier alpha value is -3.57. The molecule has 1 saturated heterocycles. The molecule has 6 rings (SSSR count). The molecular formula is C31H32N4O. The van der Waals surface area contributed by atoms with Gasteiger partial charge < -0.3 is 4.74 Å². The summed E-state index contributed by atoms with van der Waals surface area (Å²) in [5.41, 5.74) is 6.37. The number of hydrogen-bond donors (Lipinski definition) is 0. The van der Waals surface area contributed by atoms with Crippen molar-refractivity contribution in [2.75, 3.05) is 19.7 Å². The van der Waals surface area contributed by atoms with E-state index in [1.54, 1.807) is 6.20 Å². The molecule has 0 atom stereocenters. The molecular weight excluding hydrogens is 444 g/mol. The number of rotatable bonds is 8. The molecule has 0 radical (unpaired) electrons. The highest BCUT2D eigenvalue weighted by atomic mass is 16.5. The van der Waals surface area contributed by atoms with Crippen LogP contribution in [0.4, 0.5) is 0 Å². The Bertz CT molecular complexity index is 1210. The summed E-state index contributed by atoms with van der Waals surface area (Å²) in [4.78, 5) is 16.4. The lowest BCUT2D eigenvalue weighted by molar-refractivity contribution is 0.149. The second kappa shape index (κ2) is 10.6. The predicted octanol–water partition coefficient (Wildman–Crippen LogP) is 6.37. The Labute approximate surface area is 213 Å². The number of hydrogen-bond acceptors (Lipinski definition) is 5. The van der Waals surface area contributed by atoms with E-state index >= 15 is 0 Å². The first-order chi connectivity index (χ1) is 17.8. The first-order valence-corrected chi connectivity index (χ1v) is 13.1. The lowest BCUT2D eigenvalue weighted by Gasteiger charge is -2.35. The van der Waals surface area contributed by atoms with Gasteiger partial charge in [-0.3, -0.25) is 9.88 Å². The van der Waals surface area contributed by atoms with Crippen molar-refractivity contribution in [3.05, 3.63) is 96.2 Å². The van der Waals surface area contributed by atoms with Crippen molar-refractivity contribution in [1.82, 2.24) is 19.9 Å². The van der Waals surface area contributed by atoms with E-state index in [1.165, 1.54) is 37.1 Å². The summed E-state index contributed by atoms with van der Waals surface area (Å²) in [6.07, 6.45) is 6.77. The van der Waals surface area contributed by atoms with E-state index in [2.05, 4.69) is 51.3 Å². The van der Waals surface area contributed by atoms with Gasteiger partial charge in [0, 0.05) is 18.3 Å². The minimum absolute atomic E-state index is 0.423. The molecule has 2 fully saturated rings. The number of likely N-dealkylation sites (tertiary alicyclic amines) is 1. The van der Waals surface area contributed by atoms with Crippen molar-refractivity contribution >= 4 is 0 Å². The van der Waals surface area contributed by atoms with Gasteiger partial charge in [0.1, 0.15) is 0 Å². The van der Waals surface area contributed by atoms with Gasteiger partial charge in [0.05, 0.1) is 23.7 Å². The highest BCUT2D eigenvalue weighted by Gasteiger charge is 2.31. The lowest BCUT2D eigenvalue weighted by atomic mass is 9.72. The molecule has 0 amide bonds. The summed E-state index contributed by atoms with van der Waals surface area (Å²) in [5, 5.41) is 0. The van der Waals surface area contributed by atoms with Crippen molar-refractivity contribution in [2.24, 2.45) is 5.92 Å². The van der Waals surface area contributed by atoms with Crippen LogP contribution in [0.15, 0.2) is 85.1 Å². The van der Waals surface area contributed by atoms with Crippen LogP contribution in [0, 0.1) is 5.92 Å². The van der Waals surface area contributed by atoms with Crippen LogP contribution in [-0.4, -0.2) is 39.5 Å². The Morgan fingerprint density at radius 2 is 1.53 bits per heavy atom. The van der Waals surface area contributed by atoms with Gasteiger partial charge in [0.25, 0.3) is 0 Å². The first-order valence-electron chi connectivity index (χ1n) is 13.1. The molecule has 4 aromatic rings. The Kier molecular flexibility index (Phi) is 6.72. The third-order valence-electron chi connectivity index (χ3n) is 7.44. The SMILES string of the molecule is c1ccc(-c2cc(-c3ccccn3)nc(OCC3CC(c4ccc(CN5CCCC5)cc4)C3)n2)cc1. The summed E-state index contributed by atoms with van der Waals surface area (Å²) in [5.74, 6) is 1.15. The molecule has 1 saturated carbocycles. The number of benzene rings is 2. The predicted molar refractivity (Wildman–Crippen MR) is 143 cm³/mol. The summed E-state index contributed by atoms with van der Waals surface area (Å²) >= 11 is 0. The summed E-state index contributed by atoms with van der Waals surface area (Å²) in [6.45, 7) is 4.22. The minimum atomic E-state index is 0.423. The fourth-order valence-corrected chi connectivity index (χ4v) is 5.32. The van der Waals surface area contributed by atoms with Crippen LogP contribution in [0.2, 0.25) is 0 Å². The van der Waals surface area contributed by atoms with Crippen molar-refractivity contribution in [1.29, 1.82) is 0 Å². The molecule has 36 heavy (non-hydrogen) atoms. The molecule has 2 aromatic carbocycles. The molecule has 1 aliphatic heterocycles. The Morgan fingerprint density at radius 3 is 2.28 bits per heavy atom. The van der Waals surface area contributed by atoms with Gasteiger partial charge in [0.2, 0.25) is 0 Å².